The molecule has 94 valence electrons. The first-order valence-electron chi connectivity index (χ1n) is 5.78. The molecule has 0 saturated carbocycles. The van der Waals surface area contributed by atoms with Gasteiger partial charge in [0.1, 0.15) is 5.56 Å². The van der Waals surface area contributed by atoms with Crippen molar-refractivity contribution in [1.29, 1.82) is 0 Å². The van der Waals surface area contributed by atoms with Crippen molar-refractivity contribution >= 4 is 11.7 Å². The summed E-state index contributed by atoms with van der Waals surface area (Å²) in [7, 11) is 0. The molecule has 2 heterocycles. The second-order valence-electron chi connectivity index (χ2n) is 4.69. The fourth-order valence-electron chi connectivity index (χ4n) is 2.19. The van der Waals surface area contributed by atoms with Gasteiger partial charge in [0, 0.05) is 18.8 Å². The van der Waals surface area contributed by atoms with Crippen LogP contribution < -0.4 is 5.73 Å². The number of nitrogens with one attached hydrogen (secondary N) is 1. The molecule has 2 atom stereocenters. The first-order valence-corrected chi connectivity index (χ1v) is 5.78. The Kier molecular flexibility index (Phi) is 3.06. The van der Waals surface area contributed by atoms with Crippen LogP contribution in [-0.4, -0.2) is 45.3 Å². The highest BCUT2D eigenvalue weighted by Crippen LogP contribution is 2.21. The minimum Gasteiger partial charge on any atom is -0.393 e. The van der Waals surface area contributed by atoms with Crippen LogP contribution >= 0.6 is 0 Å². The molecule has 2 rings (SSSR count). The zero-order valence-electron chi connectivity index (χ0n) is 10.1. The average molecular weight is 238 g/mol. The number of H-pyrrole nitrogens is 1. The Hall–Kier alpha value is -1.56. The van der Waals surface area contributed by atoms with Crippen molar-refractivity contribution in [1.82, 2.24) is 15.1 Å². The number of nitrogens with zero attached hydrogens (tertiary/aromatic N) is 2. The lowest BCUT2D eigenvalue weighted by molar-refractivity contribution is 0.0298. The summed E-state index contributed by atoms with van der Waals surface area (Å²) in [6.45, 7) is 4.84. The van der Waals surface area contributed by atoms with E-state index < -0.39 is 0 Å². The fourth-order valence-corrected chi connectivity index (χ4v) is 2.19. The van der Waals surface area contributed by atoms with E-state index in [0.717, 1.165) is 0 Å². The minimum atomic E-state index is -0.318. The predicted molar refractivity (Wildman–Crippen MR) is 63.4 cm³/mol. The maximum absolute atomic E-state index is 12.3. The summed E-state index contributed by atoms with van der Waals surface area (Å²) < 4.78 is 0. The first kappa shape index (κ1) is 11.9. The van der Waals surface area contributed by atoms with Gasteiger partial charge in [-0.15, -0.1) is 0 Å². The molecule has 2 unspecified atom stereocenters. The van der Waals surface area contributed by atoms with Crippen LogP contribution in [0.25, 0.3) is 0 Å². The van der Waals surface area contributed by atoms with Crippen molar-refractivity contribution in [3.8, 4) is 0 Å². The van der Waals surface area contributed by atoms with Gasteiger partial charge in [-0.3, -0.25) is 9.89 Å². The van der Waals surface area contributed by atoms with Crippen molar-refractivity contribution < 1.29 is 9.90 Å². The third-order valence-electron chi connectivity index (χ3n) is 3.34. The van der Waals surface area contributed by atoms with E-state index in [1.165, 1.54) is 0 Å². The largest absolute Gasteiger partial charge is 0.393 e. The lowest BCUT2D eigenvalue weighted by Crippen LogP contribution is -2.45. The number of piperidine rings is 1. The molecule has 0 aromatic carbocycles. The highest BCUT2D eigenvalue weighted by molar-refractivity contribution is 5.99. The molecule has 17 heavy (non-hydrogen) atoms. The van der Waals surface area contributed by atoms with Crippen molar-refractivity contribution in [2.75, 3.05) is 18.8 Å². The quantitative estimate of drug-likeness (QED) is 0.648. The number of nitrogen functional groups attached to an aromatic ring is 1. The van der Waals surface area contributed by atoms with Gasteiger partial charge in [-0.2, -0.15) is 5.10 Å². The van der Waals surface area contributed by atoms with Crippen LogP contribution in [0.3, 0.4) is 0 Å². The van der Waals surface area contributed by atoms with Crippen molar-refractivity contribution in [2.45, 2.75) is 26.4 Å². The van der Waals surface area contributed by atoms with E-state index in [2.05, 4.69) is 10.2 Å². The average Bonchev–Trinajstić information content (AvgIpc) is 2.62. The summed E-state index contributed by atoms with van der Waals surface area (Å²) >= 11 is 0. The molecule has 0 bridgehead atoms. The molecule has 1 fully saturated rings. The third-order valence-corrected chi connectivity index (χ3v) is 3.34. The molecule has 1 saturated heterocycles. The van der Waals surface area contributed by atoms with E-state index in [1.807, 2.05) is 6.92 Å². The monoisotopic (exact) mass is 238 g/mol. The molecular weight excluding hydrogens is 220 g/mol. The number of hydrogen-bond donors (Lipinski definition) is 3. The SMILES string of the molecule is Cc1[nH]nc(N)c1C(=O)N1CCC(O)C(C)C1. The van der Waals surface area contributed by atoms with Gasteiger partial charge in [0.25, 0.3) is 5.91 Å². The van der Waals surface area contributed by atoms with Gasteiger partial charge in [-0.1, -0.05) is 6.92 Å². The number of nitrogens with two attached hydrogens (primary N) is 1. The van der Waals surface area contributed by atoms with Crippen LogP contribution in [0, 0.1) is 12.8 Å². The Bertz CT molecular complexity index is 410. The van der Waals surface area contributed by atoms with E-state index in [0.29, 0.717) is 30.8 Å². The Morgan fingerprint density at radius 2 is 2.35 bits per heavy atom. The normalized spacial score (nSPS) is 25.0. The molecule has 1 amide bonds. The van der Waals surface area contributed by atoms with Crippen LogP contribution in [-0.2, 0) is 0 Å². The number of anilines is 1. The van der Waals surface area contributed by atoms with Gasteiger partial charge in [0.05, 0.1) is 6.10 Å². The highest BCUT2D eigenvalue weighted by atomic mass is 16.3. The highest BCUT2D eigenvalue weighted by Gasteiger charge is 2.30. The Morgan fingerprint density at radius 1 is 1.65 bits per heavy atom. The molecule has 6 heteroatoms. The van der Waals surface area contributed by atoms with E-state index in [4.69, 9.17) is 5.73 Å². The molecule has 0 aliphatic carbocycles. The molecule has 1 aliphatic heterocycles. The molecule has 1 aromatic rings. The maximum Gasteiger partial charge on any atom is 0.259 e. The predicted octanol–water partition coefficient (Wildman–Crippen LogP) is 0.143. The Balaban J connectivity index is 2.16. The van der Waals surface area contributed by atoms with Gasteiger partial charge < -0.3 is 15.7 Å². The smallest absolute Gasteiger partial charge is 0.259 e. The number of aliphatic hydroxyl groups excluding tert-OH is 1. The number of aromatic nitrogens is 2. The number of aryl methyl sites for hydroxylation is 1. The van der Waals surface area contributed by atoms with Gasteiger partial charge >= 0.3 is 0 Å². The van der Waals surface area contributed by atoms with E-state index >= 15 is 0 Å². The van der Waals surface area contributed by atoms with Crippen molar-refractivity contribution in [3.05, 3.63) is 11.3 Å². The van der Waals surface area contributed by atoms with Crippen LogP contribution in [0.5, 0.6) is 0 Å². The molecule has 6 nitrogen and oxygen atoms in total. The molecular formula is C11H18N4O2. The van der Waals surface area contributed by atoms with E-state index in [1.54, 1.807) is 11.8 Å². The van der Waals surface area contributed by atoms with Gasteiger partial charge in [0.15, 0.2) is 5.82 Å². The van der Waals surface area contributed by atoms with E-state index in [-0.39, 0.29) is 23.7 Å². The Morgan fingerprint density at radius 3 is 2.88 bits per heavy atom. The second kappa shape index (κ2) is 4.37. The number of aliphatic hydroxyl groups is 1. The summed E-state index contributed by atoms with van der Waals surface area (Å²) in [6.07, 6.45) is 0.297. The first-order chi connectivity index (χ1) is 8.00. The summed E-state index contributed by atoms with van der Waals surface area (Å²) in [4.78, 5) is 14.0. The van der Waals surface area contributed by atoms with Gasteiger partial charge in [0.2, 0.25) is 0 Å². The standard InChI is InChI=1S/C11H18N4O2/c1-6-5-15(4-3-8(6)16)11(17)9-7(2)13-14-10(9)12/h6,8,16H,3-5H2,1-2H3,(H3,12,13,14). The molecule has 1 aliphatic rings. The molecule has 4 N–H and O–H groups in total. The minimum absolute atomic E-state index is 0.0983. The maximum atomic E-state index is 12.3. The second-order valence-corrected chi connectivity index (χ2v) is 4.69. The lowest BCUT2D eigenvalue weighted by atomic mass is 9.96. The number of carbonyl (C=O) groups excluding carboxylic acids is 1. The summed E-state index contributed by atoms with van der Waals surface area (Å²) in [5.41, 5.74) is 6.81. The Labute approximate surface area is 99.8 Å². The number of likely N-dealkylation sites (tertiary alicyclic amines) is 1. The van der Waals surface area contributed by atoms with Crippen LogP contribution in [0.4, 0.5) is 5.82 Å². The topological polar surface area (TPSA) is 95.2 Å². The summed E-state index contributed by atoms with van der Waals surface area (Å²) in [6, 6.07) is 0. The number of aromatic amines is 1. The number of amides is 1. The third kappa shape index (κ3) is 2.12. The van der Waals surface area contributed by atoms with Crippen LogP contribution in [0.2, 0.25) is 0 Å². The molecule has 0 radical (unpaired) electrons. The molecule has 1 aromatic heterocycles. The van der Waals surface area contributed by atoms with Crippen molar-refractivity contribution in [2.24, 2.45) is 5.92 Å². The molecule has 0 spiro atoms. The van der Waals surface area contributed by atoms with Gasteiger partial charge in [-0.25, -0.2) is 0 Å². The van der Waals surface area contributed by atoms with Crippen LogP contribution in [0.1, 0.15) is 29.4 Å². The lowest BCUT2D eigenvalue weighted by Gasteiger charge is -2.34. The zero-order valence-corrected chi connectivity index (χ0v) is 10.1. The van der Waals surface area contributed by atoms with Crippen molar-refractivity contribution in [3.63, 3.8) is 0 Å². The number of rotatable bonds is 1. The number of hydrogen-bond acceptors (Lipinski definition) is 4. The zero-order chi connectivity index (χ0) is 12.6. The van der Waals surface area contributed by atoms with Crippen LogP contribution in [0.15, 0.2) is 0 Å². The van der Waals surface area contributed by atoms with Gasteiger partial charge in [-0.05, 0) is 19.3 Å². The number of carbonyl (C=O) groups is 1. The summed E-state index contributed by atoms with van der Waals surface area (Å²) in [5, 5.41) is 16.2. The fraction of sp³-hybridized carbons (Fsp3) is 0.636. The summed E-state index contributed by atoms with van der Waals surface area (Å²) in [5.74, 6) is 0.236. The van der Waals surface area contributed by atoms with E-state index in [9.17, 15) is 9.90 Å².